The fourth-order valence-corrected chi connectivity index (χ4v) is 3.09. The summed E-state index contributed by atoms with van der Waals surface area (Å²) >= 11 is 3.40. The maximum Gasteiger partial charge on any atom is 0.254 e. The number of halogens is 1. The van der Waals surface area contributed by atoms with Crippen LogP contribution >= 0.6 is 15.9 Å². The summed E-state index contributed by atoms with van der Waals surface area (Å²) in [6, 6.07) is 8.93. The van der Waals surface area contributed by atoms with Gasteiger partial charge in [-0.2, -0.15) is 0 Å². The molecule has 6 nitrogen and oxygen atoms in total. The summed E-state index contributed by atoms with van der Waals surface area (Å²) in [6.07, 6.45) is 0. The van der Waals surface area contributed by atoms with Crippen LogP contribution in [-0.4, -0.2) is 46.3 Å². The molecule has 0 saturated heterocycles. The first-order chi connectivity index (χ1) is 12.4. The summed E-state index contributed by atoms with van der Waals surface area (Å²) in [7, 11) is 7.99. The van der Waals surface area contributed by atoms with Gasteiger partial charge in [-0.1, -0.05) is 6.07 Å². The van der Waals surface area contributed by atoms with E-state index in [0.29, 0.717) is 39.6 Å². The molecule has 0 radical (unpaired) electrons. The summed E-state index contributed by atoms with van der Waals surface area (Å²) in [5, 5.41) is 0. The van der Waals surface area contributed by atoms with E-state index in [0.717, 1.165) is 5.56 Å². The number of rotatable bonds is 7. The first-order valence-electron chi connectivity index (χ1n) is 7.83. The van der Waals surface area contributed by atoms with Crippen LogP contribution < -0.4 is 18.9 Å². The zero-order chi connectivity index (χ0) is 19.3. The number of carbonyl (C=O) groups is 1. The van der Waals surface area contributed by atoms with E-state index in [2.05, 4.69) is 15.9 Å². The lowest BCUT2D eigenvalue weighted by Gasteiger charge is -2.19. The van der Waals surface area contributed by atoms with Crippen molar-refractivity contribution in [2.75, 3.05) is 35.5 Å². The molecule has 140 valence electrons. The Morgan fingerprint density at radius 2 is 1.42 bits per heavy atom. The first kappa shape index (κ1) is 19.9. The van der Waals surface area contributed by atoms with Crippen molar-refractivity contribution < 1.29 is 23.7 Å². The van der Waals surface area contributed by atoms with Gasteiger partial charge in [0.25, 0.3) is 5.91 Å². The molecule has 0 N–H and O–H groups in total. The predicted molar refractivity (Wildman–Crippen MR) is 103 cm³/mol. The predicted octanol–water partition coefficient (Wildman–Crippen LogP) is 3.76. The van der Waals surface area contributed by atoms with Gasteiger partial charge >= 0.3 is 0 Å². The van der Waals surface area contributed by atoms with Crippen LogP contribution in [0.5, 0.6) is 23.0 Å². The minimum Gasteiger partial charge on any atom is -0.495 e. The Hall–Kier alpha value is -2.41. The minimum atomic E-state index is -0.149. The molecule has 0 spiro atoms. The molecule has 0 aliphatic carbocycles. The smallest absolute Gasteiger partial charge is 0.254 e. The highest BCUT2D eigenvalue weighted by molar-refractivity contribution is 9.10. The largest absolute Gasteiger partial charge is 0.495 e. The molecular weight excluding hydrogens is 402 g/mol. The minimum absolute atomic E-state index is 0.149. The van der Waals surface area contributed by atoms with Crippen molar-refractivity contribution in [2.45, 2.75) is 6.54 Å². The van der Waals surface area contributed by atoms with Crippen LogP contribution in [0, 0.1) is 0 Å². The maximum atomic E-state index is 12.8. The van der Waals surface area contributed by atoms with E-state index in [-0.39, 0.29) is 5.91 Å². The standard InChI is InChI=1S/C19H22BrNO5/c1-21(11-12-6-7-14(23-2)15(8-12)24-3)19(22)13-9-16(25-4)18(20)17(10-13)26-5/h6-10H,11H2,1-5H3. The fourth-order valence-electron chi connectivity index (χ4n) is 2.54. The number of benzene rings is 2. The lowest BCUT2D eigenvalue weighted by molar-refractivity contribution is 0.0784. The van der Waals surface area contributed by atoms with Crippen LogP contribution in [-0.2, 0) is 6.54 Å². The SMILES string of the molecule is COc1ccc(CN(C)C(=O)c2cc(OC)c(Br)c(OC)c2)cc1OC. The van der Waals surface area contributed by atoms with Gasteiger partial charge in [0.05, 0.1) is 28.4 Å². The summed E-state index contributed by atoms with van der Waals surface area (Å²) in [5.74, 6) is 2.19. The molecule has 26 heavy (non-hydrogen) atoms. The second-order valence-electron chi connectivity index (χ2n) is 5.55. The summed E-state index contributed by atoms with van der Waals surface area (Å²) in [5.41, 5.74) is 1.40. The second kappa shape index (κ2) is 8.80. The van der Waals surface area contributed by atoms with Crippen molar-refractivity contribution in [2.24, 2.45) is 0 Å². The molecule has 0 aliphatic heterocycles. The van der Waals surface area contributed by atoms with E-state index in [1.807, 2.05) is 18.2 Å². The number of hydrogen-bond acceptors (Lipinski definition) is 5. The molecule has 0 saturated carbocycles. The van der Waals surface area contributed by atoms with Crippen LogP contribution in [0.25, 0.3) is 0 Å². The molecule has 0 aromatic heterocycles. The normalized spacial score (nSPS) is 10.2. The van der Waals surface area contributed by atoms with Crippen LogP contribution in [0.15, 0.2) is 34.8 Å². The maximum absolute atomic E-state index is 12.8. The molecule has 0 bridgehead atoms. The van der Waals surface area contributed by atoms with Crippen molar-refractivity contribution >= 4 is 21.8 Å². The summed E-state index contributed by atoms with van der Waals surface area (Å²) < 4.78 is 21.8. The molecule has 2 aromatic carbocycles. The highest BCUT2D eigenvalue weighted by Gasteiger charge is 2.18. The molecule has 7 heteroatoms. The van der Waals surface area contributed by atoms with Crippen molar-refractivity contribution in [1.29, 1.82) is 0 Å². The van der Waals surface area contributed by atoms with Gasteiger partial charge in [0.15, 0.2) is 11.5 Å². The van der Waals surface area contributed by atoms with Gasteiger partial charge in [0.2, 0.25) is 0 Å². The topological polar surface area (TPSA) is 57.2 Å². The van der Waals surface area contributed by atoms with Crippen molar-refractivity contribution in [1.82, 2.24) is 4.90 Å². The Bertz CT molecular complexity index is 768. The zero-order valence-electron chi connectivity index (χ0n) is 15.5. The van der Waals surface area contributed by atoms with Crippen molar-refractivity contribution in [3.8, 4) is 23.0 Å². The number of nitrogens with zero attached hydrogens (tertiary/aromatic N) is 1. The highest BCUT2D eigenvalue weighted by atomic mass is 79.9. The molecule has 1 amide bonds. The zero-order valence-corrected chi connectivity index (χ0v) is 17.0. The summed E-state index contributed by atoms with van der Waals surface area (Å²) in [6.45, 7) is 0.417. The molecule has 0 heterocycles. The van der Waals surface area contributed by atoms with E-state index in [9.17, 15) is 4.79 Å². The lowest BCUT2D eigenvalue weighted by atomic mass is 10.1. The van der Waals surface area contributed by atoms with E-state index >= 15 is 0 Å². The van der Waals surface area contributed by atoms with Gasteiger partial charge < -0.3 is 23.8 Å². The molecule has 0 atom stereocenters. The highest BCUT2D eigenvalue weighted by Crippen LogP contribution is 2.36. The Morgan fingerprint density at radius 3 is 1.92 bits per heavy atom. The van der Waals surface area contributed by atoms with E-state index in [1.165, 1.54) is 0 Å². The van der Waals surface area contributed by atoms with Crippen LogP contribution in [0.3, 0.4) is 0 Å². The summed E-state index contributed by atoms with van der Waals surface area (Å²) in [4.78, 5) is 14.4. The average molecular weight is 424 g/mol. The van der Waals surface area contributed by atoms with E-state index in [1.54, 1.807) is 52.5 Å². The number of amides is 1. The Balaban J connectivity index is 2.25. The first-order valence-corrected chi connectivity index (χ1v) is 8.62. The Morgan fingerprint density at radius 1 is 0.885 bits per heavy atom. The number of ether oxygens (including phenoxy) is 4. The van der Waals surface area contributed by atoms with Crippen molar-refractivity contribution in [3.63, 3.8) is 0 Å². The third-order valence-corrected chi connectivity index (χ3v) is 4.69. The Kier molecular flexibility index (Phi) is 6.74. The van der Waals surface area contributed by atoms with Crippen molar-refractivity contribution in [3.05, 3.63) is 45.9 Å². The van der Waals surface area contributed by atoms with Crippen LogP contribution in [0.1, 0.15) is 15.9 Å². The second-order valence-corrected chi connectivity index (χ2v) is 6.34. The molecular formula is C19H22BrNO5. The average Bonchev–Trinajstić information content (AvgIpc) is 2.67. The Labute approximate surface area is 161 Å². The van der Waals surface area contributed by atoms with Gasteiger partial charge in [-0.25, -0.2) is 0 Å². The number of carbonyl (C=O) groups excluding carboxylic acids is 1. The molecule has 0 unspecified atom stereocenters. The lowest BCUT2D eigenvalue weighted by Crippen LogP contribution is -2.26. The monoisotopic (exact) mass is 423 g/mol. The van der Waals surface area contributed by atoms with Gasteiger partial charge in [-0.05, 0) is 45.8 Å². The fraction of sp³-hybridized carbons (Fsp3) is 0.316. The van der Waals surface area contributed by atoms with Gasteiger partial charge in [0.1, 0.15) is 16.0 Å². The van der Waals surface area contributed by atoms with Gasteiger partial charge in [-0.15, -0.1) is 0 Å². The molecule has 0 aliphatic rings. The van der Waals surface area contributed by atoms with E-state index < -0.39 is 0 Å². The number of hydrogen-bond donors (Lipinski definition) is 0. The molecule has 2 aromatic rings. The molecule has 2 rings (SSSR count). The third kappa shape index (κ3) is 4.22. The third-order valence-electron chi connectivity index (χ3n) is 3.91. The number of methoxy groups -OCH3 is 4. The quantitative estimate of drug-likeness (QED) is 0.678. The van der Waals surface area contributed by atoms with E-state index in [4.69, 9.17) is 18.9 Å². The van der Waals surface area contributed by atoms with Gasteiger partial charge in [0, 0.05) is 19.2 Å². The van der Waals surface area contributed by atoms with Gasteiger partial charge in [-0.3, -0.25) is 4.79 Å². The molecule has 0 fully saturated rings. The van der Waals surface area contributed by atoms with Crippen LogP contribution in [0.4, 0.5) is 0 Å². The van der Waals surface area contributed by atoms with Crippen LogP contribution in [0.2, 0.25) is 0 Å².